The molecule has 1 rings (SSSR count). The lowest BCUT2D eigenvalue weighted by atomic mass is 9.92. The molecule has 0 aromatic carbocycles. The molecule has 22 heavy (non-hydrogen) atoms. The van der Waals surface area contributed by atoms with Gasteiger partial charge < -0.3 is 18.5 Å². The van der Waals surface area contributed by atoms with Crippen molar-refractivity contribution in [2.24, 2.45) is 5.92 Å². The van der Waals surface area contributed by atoms with Crippen LogP contribution in [0.4, 0.5) is 0 Å². The number of carbonyl (C=O) groups excluding carboxylic acids is 1. The number of esters is 1. The first-order valence-electron chi connectivity index (χ1n) is 7.34. The molecule has 1 aliphatic rings. The molecule has 2 atom stereocenters. The normalized spacial score (nSPS) is 25.3. The van der Waals surface area contributed by atoms with Gasteiger partial charge >= 0.3 is 13.6 Å². The Kier molecular flexibility index (Phi) is 6.93. The first-order chi connectivity index (χ1) is 10.2. The summed E-state index contributed by atoms with van der Waals surface area (Å²) in [5.74, 6) is -0.770. The third kappa shape index (κ3) is 4.05. The largest absolute Gasteiger partial charge is 0.479 e. The number of allylic oxidation sites excluding steroid dienone is 1. The molecule has 1 aliphatic heterocycles. The van der Waals surface area contributed by atoms with E-state index < -0.39 is 25.1 Å². The van der Waals surface area contributed by atoms with Gasteiger partial charge in [0.25, 0.3) is 0 Å². The second kappa shape index (κ2) is 7.82. The fourth-order valence-corrected chi connectivity index (χ4v) is 4.88. The zero-order chi connectivity index (χ0) is 17.0. The molecule has 0 aromatic heterocycles. The summed E-state index contributed by atoms with van der Waals surface area (Å²) < 4.78 is 34.0. The lowest BCUT2D eigenvalue weighted by Crippen LogP contribution is -2.45. The van der Waals surface area contributed by atoms with E-state index in [0.29, 0.717) is 10.8 Å². The van der Waals surface area contributed by atoms with Crippen molar-refractivity contribution in [2.75, 3.05) is 26.0 Å². The van der Waals surface area contributed by atoms with Crippen LogP contribution >= 0.6 is 19.2 Å². The van der Waals surface area contributed by atoms with Gasteiger partial charge in [0.1, 0.15) is 5.76 Å². The quantitative estimate of drug-likeness (QED) is 0.489. The number of carbonyl (C=O) groups is 1. The zero-order valence-electron chi connectivity index (χ0n) is 13.7. The highest BCUT2D eigenvalue weighted by molar-refractivity contribution is 7.53. The molecule has 128 valence electrons. The lowest BCUT2D eigenvalue weighted by molar-refractivity contribution is -0.166. The number of hydrogen-bond donors (Lipinski definition) is 0. The smallest absolute Gasteiger partial charge is 0.350 e. The van der Waals surface area contributed by atoms with Crippen molar-refractivity contribution in [3.05, 3.63) is 10.8 Å². The highest BCUT2D eigenvalue weighted by atomic mass is 35.5. The fourth-order valence-electron chi connectivity index (χ4n) is 2.40. The van der Waals surface area contributed by atoms with Crippen LogP contribution in [0.3, 0.4) is 0 Å². The summed E-state index contributed by atoms with van der Waals surface area (Å²) in [6.07, 6.45) is -0.0415. The van der Waals surface area contributed by atoms with Gasteiger partial charge in [0, 0.05) is 0 Å². The minimum absolute atomic E-state index is 0.0415. The summed E-state index contributed by atoms with van der Waals surface area (Å²) >= 11 is 6.28. The van der Waals surface area contributed by atoms with Gasteiger partial charge in [-0.2, -0.15) is 0 Å². The number of halogens is 1. The lowest BCUT2D eigenvalue weighted by Gasteiger charge is -2.30. The zero-order valence-corrected chi connectivity index (χ0v) is 15.3. The molecule has 0 saturated heterocycles. The van der Waals surface area contributed by atoms with Crippen molar-refractivity contribution in [1.82, 2.24) is 0 Å². The van der Waals surface area contributed by atoms with E-state index >= 15 is 0 Å². The molecular formula is C14H24ClO6P. The molecule has 0 amide bonds. The molecule has 0 saturated carbocycles. The van der Waals surface area contributed by atoms with E-state index in [1.54, 1.807) is 34.6 Å². The van der Waals surface area contributed by atoms with Crippen LogP contribution in [-0.4, -0.2) is 37.6 Å². The monoisotopic (exact) mass is 354 g/mol. The van der Waals surface area contributed by atoms with Crippen LogP contribution in [0, 0.1) is 5.92 Å². The third-order valence-electron chi connectivity index (χ3n) is 3.41. The molecule has 6 nitrogen and oxygen atoms in total. The summed E-state index contributed by atoms with van der Waals surface area (Å²) in [6.45, 7) is 9.09. The van der Waals surface area contributed by atoms with Crippen LogP contribution < -0.4 is 0 Å². The molecule has 0 spiro atoms. The molecular weight excluding hydrogens is 331 g/mol. The van der Waals surface area contributed by atoms with Crippen molar-refractivity contribution < 1.29 is 27.9 Å². The van der Waals surface area contributed by atoms with Crippen LogP contribution in [0.25, 0.3) is 0 Å². The maximum Gasteiger partial charge on any atom is 0.350 e. The van der Waals surface area contributed by atoms with Gasteiger partial charge in [-0.15, -0.1) is 0 Å². The first-order valence-corrected chi connectivity index (χ1v) is 9.45. The van der Waals surface area contributed by atoms with E-state index in [-0.39, 0.29) is 26.0 Å². The summed E-state index contributed by atoms with van der Waals surface area (Å²) in [5.41, 5.74) is -1.33. The maximum absolute atomic E-state index is 12.8. The molecule has 8 heteroatoms. The predicted octanol–water partition coefficient (Wildman–Crippen LogP) is 3.69. The molecule has 1 heterocycles. The van der Waals surface area contributed by atoms with Gasteiger partial charge in [0.15, 0.2) is 0 Å². The van der Waals surface area contributed by atoms with Crippen LogP contribution in [0.1, 0.15) is 34.6 Å². The van der Waals surface area contributed by atoms with E-state index in [0.717, 1.165) is 0 Å². The standard InChI is InChI=1S/C14H24ClO6P/c1-6-18-13(16)14(5)11(12(15)10(4)21-14)9-22(17,19-7-2)20-8-3/h11H,6-9H2,1-5H3. The number of rotatable bonds is 8. The Morgan fingerprint density at radius 2 is 1.82 bits per heavy atom. The molecule has 0 N–H and O–H groups in total. The topological polar surface area (TPSA) is 71.1 Å². The molecule has 0 aromatic rings. The number of ether oxygens (including phenoxy) is 2. The Hall–Kier alpha value is -0.550. The van der Waals surface area contributed by atoms with Gasteiger partial charge in [-0.05, 0) is 34.6 Å². The van der Waals surface area contributed by atoms with Crippen LogP contribution in [0.5, 0.6) is 0 Å². The molecule has 2 unspecified atom stereocenters. The highest BCUT2D eigenvalue weighted by Crippen LogP contribution is 2.55. The molecule has 0 radical (unpaired) electrons. The molecule has 0 fully saturated rings. The Labute approximate surface area is 136 Å². The molecule has 0 aliphatic carbocycles. The van der Waals surface area contributed by atoms with Crippen LogP contribution in [0.15, 0.2) is 10.8 Å². The van der Waals surface area contributed by atoms with Crippen molar-refractivity contribution in [2.45, 2.75) is 40.2 Å². The van der Waals surface area contributed by atoms with Gasteiger partial charge in [-0.3, -0.25) is 4.57 Å². The van der Waals surface area contributed by atoms with Crippen molar-refractivity contribution >= 4 is 25.2 Å². The Morgan fingerprint density at radius 3 is 2.27 bits per heavy atom. The average Bonchev–Trinajstić information content (AvgIpc) is 2.64. The third-order valence-corrected chi connectivity index (χ3v) is 6.06. The van der Waals surface area contributed by atoms with E-state index in [4.69, 9.17) is 30.1 Å². The summed E-state index contributed by atoms with van der Waals surface area (Å²) in [4.78, 5) is 12.3. The Bertz CT molecular complexity index is 482. The summed E-state index contributed by atoms with van der Waals surface area (Å²) in [7, 11) is -3.38. The maximum atomic E-state index is 12.8. The van der Waals surface area contributed by atoms with Gasteiger partial charge in [0.2, 0.25) is 5.60 Å². The highest BCUT2D eigenvalue weighted by Gasteiger charge is 2.54. The number of hydrogen-bond acceptors (Lipinski definition) is 6. The van der Waals surface area contributed by atoms with Crippen molar-refractivity contribution in [3.8, 4) is 0 Å². The minimum Gasteiger partial charge on any atom is -0.479 e. The van der Waals surface area contributed by atoms with Gasteiger partial charge in [0.05, 0.1) is 36.9 Å². The van der Waals surface area contributed by atoms with E-state index in [1.165, 1.54) is 0 Å². The first kappa shape index (κ1) is 19.5. The SMILES string of the molecule is CCOC(=O)C1(C)OC(C)=C(Cl)C1CP(=O)(OCC)OCC. The Balaban J connectivity index is 3.09. The second-order valence-corrected chi connectivity index (χ2v) is 7.53. The van der Waals surface area contributed by atoms with Gasteiger partial charge in [-0.25, -0.2) is 4.79 Å². The van der Waals surface area contributed by atoms with Gasteiger partial charge in [-0.1, -0.05) is 11.6 Å². The molecule has 0 bridgehead atoms. The summed E-state index contributed by atoms with van der Waals surface area (Å²) in [5, 5.41) is 0.343. The van der Waals surface area contributed by atoms with Crippen LogP contribution in [-0.2, 0) is 27.9 Å². The average molecular weight is 355 g/mol. The predicted molar refractivity (Wildman–Crippen MR) is 83.9 cm³/mol. The summed E-state index contributed by atoms with van der Waals surface area (Å²) in [6, 6.07) is 0. The van der Waals surface area contributed by atoms with Crippen molar-refractivity contribution in [3.63, 3.8) is 0 Å². The second-order valence-electron chi connectivity index (χ2n) is 5.02. The van der Waals surface area contributed by atoms with E-state index in [1.807, 2.05) is 0 Å². The minimum atomic E-state index is -3.38. The van der Waals surface area contributed by atoms with Crippen LogP contribution in [0.2, 0.25) is 0 Å². The van der Waals surface area contributed by atoms with Crippen molar-refractivity contribution in [1.29, 1.82) is 0 Å². The fraction of sp³-hybridized carbons (Fsp3) is 0.786. The van der Waals surface area contributed by atoms with E-state index in [2.05, 4.69) is 0 Å². The van der Waals surface area contributed by atoms with E-state index in [9.17, 15) is 9.36 Å². The Morgan fingerprint density at radius 1 is 1.27 bits per heavy atom.